The standard InChI is InChI=1S/C28H27F4N5O5/c29-19-10-8-18(9-11-19)16-36-23-24(34-26(36)41-21-6-3-7-22(15-21)42-28(30,31)32)37(17-20-5-1-2-12-33-20)27(40)35(25(23)39)13-4-14-38/h1-3,5-11,15,26,33-34,38H,4,12-14,16-17H2. The molecule has 1 aromatic heterocycles. The maximum atomic E-state index is 13.8. The number of rotatable bonds is 10. The smallest absolute Gasteiger partial charge is 0.452 e. The molecule has 0 spiro atoms. The van der Waals surface area contributed by atoms with Crippen molar-refractivity contribution in [3.05, 3.63) is 105 Å². The van der Waals surface area contributed by atoms with E-state index < -0.39 is 35.5 Å². The molecule has 1 atom stereocenters. The van der Waals surface area contributed by atoms with Gasteiger partial charge in [0, 0.05) is 38.0 Å². The molecule has 42 heavy (non-hydrogen) atoms. The second kappa shape index (κ2) is 12.0. The Morgan fingerprint density at radius 1 is 1.02 bits per heavy atom. The normalized spacial score (nSPS) is 16.0. The van der Waals surface area contributed by atoms with Crippen molar-refractivity contribution < 1.29 is 32.1 Å². The molecule has 2 aliphatic rings. The first-order valence-electron chi connectivity index (χ1n) is 13.0. The Labute approximate surface area is 236 Å². The van der Waals surface area contributed by atoms with Crippen LogP contribution in [0.5, 0.6) is 11.5 Å². The number of ether oxygens (including phenoxy) is 2. The van der Waals surface area contributed by atoms with Crippen molar-refractivity contribution in [2.45, 2.75) is 38.8 Å². The van der Waals surface area contributed by atoms with Gasteiger partial charge in [-0.1, -0.05) is 30.4 Å². The molecule has 3 heterocycles. The number of hydrogen-bond donors (Lipinski definition) is 3. The third kappa shape index (κ3) is 6.43. The van der Waals surface area contributed by atoms with Crippen LogP contribution in [0.4, 0.5) is 29.1 Å². The lowest BCUT2D eigenvalue weighted by atomic mass is 10.2. The number of alkyl halides is 3. The molecule has 10 nitrogen and oxygen atoms in total. The van der Waals surface area contributed by atoms with Gasteiger partial charge in [0.1, 0.15) is 28.8 Å². The van der Waals surface area contributed by atoms with Crippen LogP contribution in [0.3, 0.4) is 0 Å². The molecular weight excluding hydrogens is 562 g/mol. The summed E-state index contributed by atoms with van der Waals surface area (Å²) in [6.45, 7) is 0.310. The van der Waals surface area contributed by atoms with E-state index in [9.17, 15) is 32.3 Å². The Balaban J connectivity index is 1.60. The summed E-state index contributed by atoms with van der Waals surface area (Å²) in [5.41, 5.74) is 0.0773. The largest absolute Gasteiger partial charge is 0.573 e. The predicted molar refractivity (Wildman–Crippen MR) is 146 cm³/mol. The van der Waals surface area contributed by atoms with Gasteiger partial charge in [0.15, 0.2) is 0 Å². The number of hydrogen-bond acceptors (Lipinski definition) is 8. The first kappa shape index (κ1) is 28.8. The first-order valence-corrected chi connectivity index (χ1v) is 13.0. The zero-order chi connectivity index (χ0) is 29.9. The number of aliphatic hydroxyl groups is 1. The van der Waals surface area contributed by atoms with Gasteiger partial charge < -0.3 is 30.1 Å². The Hall–Kier alpha value is -4.72. The maximum Gasteiger partial charge on any atom is 0.573 e. The molecule has 0 saturated carbocycles. The van der Waals surface area contributed by atoms with Crippen LogP contribution in [0.25, 0.3) is 0 Å². The molecule has 222 valence electrons. The van der Waals surface area contributed by atoms with Crippen LogP contribution < -0.4 is 36.3 Å². The minimum atomic E-state index is -4.91. The molecule has 0 radical (unpaired) electrons. The minimum absolute atomic E-state index is 0.0116. The molecule has 5 rings (SSSR count). The van der Waals surface area contributed by atoms with Crippen LogP contribution in [0.2, 0.25) is 0 Å². The number of fused-ring (bicyclic) bond motifs is 1. The molecule has 1 unspecified atom stereocenters. The summed E-state index contributed by atoms with van der Waals surface area (Å²) in [5, 5.41) is 15.6. The van der Waals surface area contributed by atoms with E-state index in [-0.39, 0.29) is 49.9 Å². The molecule has 0 fully saturated rings. The Morgan fingerprint density at radius 2 is 1.79 bits per heavy atom. The molecule has 14 heteroatoms. The monoisotopic (exact) mass is 589 g/mol. The van der Waals surface area contributed by atoms with Gasteiger partial charge in [0.2, 0.25) is 0 Å². The molecule has 0 bridgehead atoms. The molecule has 0 saturated heterocycles. The molecular formula is C28H27F4N5O5. The van der Waals surface area contributed by atoms with Gasteiger partial charge in [-0.25, -0.2) is 9.18 Å². The lowest BCUT2D eigenvalue weighted by molar-refractivity contribution is -0.274. The van der Waals surface area contributed by atoms with Crippen molar-refractivity contribution in [1.29, 1.82) is 0 Å². The van der Waals surface area contributed by atoms with E-state index in [1.54, 1.807) is 6.08 Å². The Kier molecular flexibility index (Phi) is 8.24. The van der Waals surface area contributed by atoms with Crippen LogP contribution in [-0.4, -0.2) is 40.1 Å². The van der Waals surface area contributed by atoms with Crippen molar-refractivity contribution in [3.8, 4) is 11.5 Å². The third-order valence-electron chi connectivity index (χ3n) is 6.54. The maximum absolute atomic E-state index is 13.8. The van der Waals surface area contributed by atoms with E-state index in [2.05, 4.69) is 15.4 Å². The molecule has 3 N–H and O–H groups in total. The number of dihydropyridines is 1. The van der Waals surface area contributed by atoms with Crippen LogP contribution in [-0.2, 0) is 19.6 Å². The summed E-state index contributed by atoms with van der Waals surface area (Å²) in [6.07, 6.45) is -0.420. The number of aliphatic hydroxyl groups excluding tert-OH is 1. The van der Waals surface area contributed by atoms with E-state index >= 15 is 0 Å². The SMILES string of the molecule is O=c1c2c(n(CC3=CC=CCN3)c(=O)n1CCCO)NC(Oc1cccc(OC(F)(F)F)c1)N2Cc1ccc(F)cc1. The average molecular weight is 590 g/mol. The summed E-state index contributed by atoms with van der Waals surface area (Å²) < 4.78 is 64.5. The highest BCUT2D eigenvalue weighted by atomic mass is 19.4. The van der Waals surface area contributed by atoms with E-state index in [1.807, 2.05) is 12.2 Å². The fourth-order valence-corrected chi connectivity index (χ4v) is 4.67. The second-order valence-corrected chi connectivity index (χ2v) is 9.49. The number of allylic oxidation sites excluding steroid dienone is 3. The highest BCUT2D eigenvalue weighted by Crippen LogP contribution is 2.34. The number of benzene rings is 2. The minimum Gasteiger partial charge on any atom is -0.452 e. The summed E-state index contributed by atoms with van der Waals surface area (Å²) >= 11 is 0. The summed E-state index contributed by atoms with van der Waals surface area (Å²) in [4.78, 5) is 28.9. The zero-order valence-corrected chi connectivity index (χ0v) is 22.1. The quantitative estimate of drug-likeness (QED) is 0.310. The number of aromatic nitrogens is 2. The van der Waals surface area contributed by atoms with Gasteiger partial charge in [0.05, 0.1) is 6.54 Å². The molecule has 2 aromatic carbocycles. The first-order chi connectivity index (χ1) is 20.1. The number of nitrogens with one attached hydrogen (secondary N) is 2. The van der Waals surface area contributed by atoms with E-state index in [4.69, 9.17) is 4.74 Å². The van der Waals surface area contributed by atoms with Crippen molar-refractivity contribution >= 4 is 11.5 Å². The zero-order valence-electron chi connectivity index (χ0n) is 22.1. The Morgan fingerprint density at radius 3 is 2.48 bits per heavy atom. The van der Waals surface area contributed by atoms with E-state index in [1.165, 1.54) is 45.9 Å². The van der Waals surface area contributed by atoms with E-state index in [0.717, 1.165) is 16.7 Å². The van der Waals surface area contributed by atoms with Gasteiger partial charge in [-0.05, 0) is 42.3 Å². The van der Waals surface area contributed by atoms with E-state index in [0.29, 0.717) is 17.8 Å². The van der Waals surface area contributed by atoms with Gasteiger partial charge in [-0.15, -0.1) is 13.2 Å². The summed E-state index contributed by atoms with van der Waals surface area (Å²) in [5.74, 6) is -0.845. The van der Waals surface area contributed by atoms with Gasteiger partial charge >= 0.3 is 12.1 Å². The van der Waals surface area contributed by atoms with Gasteiger partial charge in [-0.3, -0.25) is 13.9 Å². The van der Waals surface area contributed by atoms with Gasteiger partial charge in [-0.2, -0.15) is 0 Å². The molecule has 3 aromatic rings. The lowest BCUT2D eigenvalue weighted by Gasteiger charge is -2.27. The Bertz CT molecular complexity index is 1610. The predicted octanol–water partition coefficient (Wildman–Crippen LogP) is 3.27. The van der Waals surface area contributed by atoms with Crippen molar-refractivity contribution in [3.63, 3.8) is 0 Å². The number of anilines is 2. The lowest BCUT2D eigenvalue weighted by Crippen LogP contribution is -2.44. The molecule has 0 amide bonds. The van der Waals surface area contributed by atoms with Crippen LogP contribution in [0.1, 0.15) is 12.0 Å². The fraction of sp³-hybridized carbons (Fsp3) is 0.286. The van der Waals surface area contributed by atoms with Crippen molar-refractivity contribution in [2.24, 2.45) is 0 Å². The van der Waals surface area contributed by atoms with Crippen molar-refractivity contribution in [2.75, 3.05) is 23.4 Å². The molecule has 0 aliphatic carbocycles. The molecule has 2 aliphatic heterocycles. The average Bonchev–Trinajstić information content (AvgIpc) is 3.29. The van der Waals surface area contributed by atoms with Crippen molar-refractivity contribution in [1.82, 2.24) is 14.5 Å². The highest BCUT2D eigenvalue weighted by Gasteiger charge is 2.38. The second-order valence-electron chi connectivity index (χ2n) is 9.49. The van der Waals surface area contributed by atoms with Gasteiger partial charge in [0.25, 0.3) is 11.9 Å². The topological polar surface area (TPSA) is 110 Å². The fourth-order valence-electron chi connectivity index (χ4n) is 4.67. The van der Waals surface area contributed by atoms with Crippen LogP contribution in [0, 0.1) is 5.82 Å². The highest BCUT2D eigenvalue weighted by molar-refractivity contribution is 5.72. The number of halogens is 4. The van der Waals surface area contributed by atoms with Crippen LogP contribution in [0.15, 0.2) is 82.0 Å². The summed E-state index contributed by atoms with van der Waals surface area (Å²) in [7, 11) is 0. The van der Waals surface area contributed by atoms with Crippen LogP contribution >= 0.6 is 0 Å². The summed E-state index contributed by atoms with van der Waals surface area (Å²) in [6, 6.07) is 10.4. The third-order valence-corrected chi connectivity index (χ3v) is 6.54. The number of nitrogens with zero attached hydrogens (tertiary/aromatic N) is 3.